The van der Waals surface area contributed by atoms with Crippen LogP contribution in [0.2, 0.25) is 0 Å². The summed E-state index contributed by atoms with van der Waals surface area (Å²) in [6.45, 7) is 4.28. The van der Waals surface area contributed by atoms with Crippen molar-refractivity contribution in [3.8, 4) is 11.4 Å². The van der Waals surface area contributed by atoms with Crippen molar-refractivity contribution >= 4 is 22.6 Å². The van der Waals surface area contributed by atoms with Crippen LogP contribution in [0.4, 0.5) is 5.69 Å². The van der Waals surface area contributed by atoms with Gasteiger partial charge in [0.05, 0.1) is 23.4 Å². The summed E-state index contributed by atoms with van der Waals surface area (Å²) in [5.41, 5.74) is 2.57. The average molecular weight is 402 g/mol. The predicted octanol–water partition coefficient (Wildman–Crippen LogP) is 3.53. The molecule has 0 spiro atoms. The molecule has 7 nitrogen and oxygen atoms in total. The number of aryl methyl sites for hydroxylation is 1. The van der Waals surface area contributed by atoms with Gasteiger partial charge in [-0.25, -0.2) is 9.67 Å². The molecule has 1 N–H and O–H groups in total. The maximum absolute atomic E-state index is 13.1. The summed E-state index contributed by atoms with van der Waals surface area (Å²) in [5, 5.41) is 3.34. The Bertz CT molecular complexity index is 1260. The van der Waals surface area contributed by atoms with Crippen LogP contribution in [-0.4, -0.2) is 26.9 Å². The van der Waals surface area contributed by atoms with Crippen LogP contribution in [0.5, 0.6) is 5.75 Å². The number of hydrogen-bond donors (Lipinski definition) is 1. The molecule has 0 radical (unpaired) electrons. The van der Waals surface area contributed by atoms with E-state index in [2.05, 4.69) is 10.3 Å². The Morgan fingerprint density at radius 2 is 1.83 bits per heavy atom. The molecule has 1 amide bonds. The topological polar surface area (TPSA) is 78.2 Å². The summed E-state index contributed by atoms with van der Waals surface area (Å²) in [6, 6.07) is 18.2. The lowest BCUT2D eigenvalue weighted by Crippen LogP contribution is -2.27. The molecular formula is C23H22N4O3. The molecule has 0 aliphatic heterocycles. The van der Waals surface area contributed by atoms with E-state index < -0.39 is 0 Å². The molecule has 30 heavy (non-hydrogen) atoms. The fourth-order valence-corrected chi connectivity index (χ4v) is 3.35. The first kappa shape index (κ1) is 19.4. The van der Waals surface area contributed by atoms with Gasteiger partial charge in [-0.15, -0.1) is 0 Å². The number of para-hydroxylation sites is 2. The van der Waals surface area contributed by atoms with E-state index in [0.29, 0.717) is 34.8 Å². The van der Waals surface area contributed by atoms with E-state index >= 15 is 0 Å². The molecule has 0 aliphatic carbocycles. The highest BCUT2D eigenvalue weighted by molar-refractivity contribution is 5.93. The Balaban J connectivity index is 1.74. The van der Waals surface area contributed by atoms with Crippen molar-refractivity contribution < 1.29 is 9.53 Å². The minimum absolute atomic E-state index is 0.0793. The van der Waals surface area contributed by atoms with Crippen molar-refractivity contribution in [2.75, 3.05) is 11.9 Å². The number of nitrogens with one attached hydrogen (secondary N) is 1. The van der Waals surface area contributed by atoms with Gasteiger partial charge in [-0.1, -0.05) is 29.8 Å². The van der Waals surface area contributed by atoms with Gasteiger partial charge >= 0.3 is 0 Å². The largest absolute Gasteiger partial charge is 0.492 e. The van der Waals surface area contributed by atoms with E-state index in [9.17, 15) is 9.59 Å². The normalized spacial score (nSPS) is 10.9. The molecule has 2 aromatic carbocycles. The Labute approximate surface area is 173 Å². The molecule has 152 valence electrons. The molecule has 4 aromatic rings. The summed E-state index contributed by atoms with van der Waals surface area (Å²) in [7, 11) is 0. The first-order valence-electron chi connectivity index (χ1n) is 9.73. The quantitative estimate of drug-likeness (QED) is 0.535. The molecule has 0 saturated heterocycles. The highest BCUT2D eigenvalue weighted by Gasteiger charge is 2.18. The molecule has 0 bridgehead atoms. The zero-order chi connectivity index (χ0) is 21.1. The summed E-state index contributed by atoms with van der Waals surface area (Å²) in [5.74, 6) is 0.310. The minimum Gasteiger partial charge on any atom is -0.492 e. The van der Waals surface area contributed by atoms with Gasteiger partial charge in [0.1, 0.15) is 12.3 Å². The van der Waals surface area contributed by atoms with Crippen molar-refractivity contribution in [3.63, 3.8) is 0 Å². The SMILES string of the molecule is CCOc1ccccc1NC(=O)Cn1c2ncccc2c(=O)n1-c1ccc(C)cc1. The third kappa shape index (κ3) is 3.69. The van der Waals surface area contributed by atoms with Crippen LogP contribution >= 0.6 is 0 Å². The van der Waals surface area contributed by atoms with Crippen LogP contribution in [0.25, 0.3) is 16.7 Å². The molecular weight excluding hydrogens is 380 g/mol. The molecule has 4 rings (SSSR count). The van der Waals surface area contributed by atoms with Gasteiger partial charge in [0, 0.05) is 6.20 Å². The Hall–Kier alpha value is -3.87. The monoisotopic (exact) mass is 402 g/mol. The highest BCUT2D eigenvalue weighted by atomic mass is 16.5. The van der Waals surface area contributed by atoms with E-state index in [-0.39, 0.29) is 18.0 Å². The molecule has 0 saturated carbocycles. The second-order valence-corrected chi connectivity index (χ2v) is 6.86. The average Bonchev–Trinajstić information content (AvgIpc) is 3.02. The number of rotatable bonds is 6. The van der Waals surface area contributed by atoms with Crippen LogP contribution in [0.15, 0.2) is 71.7 Å². The second kappa shape index (κ2) is 8.24. The van der Waals surface area contributed by atoms with Crippen molar-refractivity contribution in [3.05, 3.63) is 82.8 Å². The van der Waals surface area contributed by atoms with E-state index in [1.54, 1.807) is 35.1 Å². The van der Waals surface area contributed by atoms with Crippen molar-refractivity contribution in [1.82, 2.24) is 14.3 Å². The number of anilines is 1. The van der Waals surface area contributed by atoms with Crippen LogP contribution in [0.3, 0.4) is 0 Å². The van der Waals surface area contributed by atoms with E-state index in [1.807, 2.05) is 50.2 Å². The third-order valence-corrected chi connectivity index (χ3v) is 4.73. The smallest absolute Gasteiger partial charge is 0.280 e. The number of carbonyl (C=O) groups is 1. The summed E-state index contributed by atoms with van der Waals surface area (Å²) < 4.78 is 8.67. The maximum atomic E-state index is 13.1. The fourth-order valence-electron chi connectivity index (χ4n) is 3.35. The van der Waals surface area contributed by atoms with Gasteiger partial charge in [-0.2, -0.15) is 0 Å². The third-order valence-electron chi connectivity index (χ3n) is 4.73. The number of nitrogens with zero attached hydrogens (tertiary/aromatic N) is 3. The summed E-state index contributed by atoms with van der Waals surface area (Å²) >= 11 is 0. The van der Waals surface area contributed by atoms with Gasteiger partial charge in [0.15, 0.2) is 5.65 Å². The number of fused-ring (bicyclic) bond motifs is 1. The van der Waals surface area contributed by atoms with Gasteiger partial charge in [-0.3, -0.25) is 14.3 Å². The Morgan fingerprint density at radius 3 is 2.60 bits per heavy atom. The van der Waals surface area contributed by atoms with E-state index in [4.69, 9.17) is 4.74 Å². The number of hydrogen-bond acceptors (Lipinski definition) is 4. The zero-order valence-electron chi connectivity index (χ0n) is 16.8. The molecule has 0 aliphatic rings. The standard InChI is InChI=1S/C23H22N4O3/c1-3-30-20-9-5-4-8-19(20)25-21(28)15-26-22-18(7-6-14-24-22)23(29)27(26)17-12-10-16(2)11-13-17/h4-14H,3,15H2,1-2H3,(H,25,28). The molecule has 0 atom stereocenters. The molecule has 7 heteroatoms. The maximum Gasteiger partial charge on any atom is 0.280 e. The van der Waals surface area contributed by atoms with Crippen LogP contribution in [-0.2, 0) is 11.3 Å². The van der Waals surface area contributed by atoms with Gasteiger partial charge < -0.3 is 10.1 Å². The van der Waals surface area contributed by atoms with Gasteiger partial charge in [0.2, 0.25) is 5.91 Å². The first-order valence-corrected chi connectivity index (χ1v) is 9.73. The molecule has 2 aromatic heterocycles. The van der Waals surface area contributed by atoms with Crippen LogP contribution in [0, 0.1) is 6.92 Å². The lowest BCUT2D eigenvalue weighted by atomic mass is 10.2. The Morgan fingerprint density at radius 1 is 1.07 bits per heavy atom. The number of aromatic nitrogens is 3. The summed E-state index contributed by atoms with van der Waals surface area (Å²) in [6.07, 6.45) is 1.61. The zero-order valence-corrected chi connectivity index (χ0v) is 16.8. The van der Waals surface area contributed by atoms with Crippen molar-refractivity contribution in [2.45, 2.75) is 20.4 Å². The van der Waals surface area contributed by atoms with Crippen LogP contribution in [0.1, 0.15) is 12.5 Å². The van der Waals surface area contributed by atoms with Crippen LogP contribution < -0.4 is 15.6 Å². The predicted molar refractivity (Wildman–Crippen MR) is 116 cm³/mol. The number of amides is 1. The fraction of sp³-hybridized carbons (Fsp3) is 0.174. The van der Waals surface area contributed by atoms with Crippen molar-refractivity contribution in [1.29, 1.82) is 0 Å². The van der Waals surface area contributed by atoms with E-state index in [1.165, 1.54) is 4.68 Å². The first-order chi connectivity index (χ1) is 14.6. The number of benzene rings is 2. The number of pyridine rings is 1. The second-order valence-electron chi connectivity index (χ2n) is 6.86. The molecule has 0 unspecified atom stereocenters. The minimum atomic E-state index is -0.287. The van der Waals surface area contributed by atoms with Gasteiger partial charge in [-0.05, 0) is 50.2 Å². The molecule has 0 fully saturated rings. The highest BCUT2D eigenvalue weighted by Crippen LogP contribution is 2.24. The number of carbonyl (C=O) groups excluding carboxylic acids is 1. The van der Waals surface area contributed by atoms with Crippen molar-refractivity contribution in [2.24, 2.45) is 0 Å². The van der Waals surface area contributed by atoms with Gasteiger partial charge in [0.25, 0.3) is 5.56 Å². The lowest BCUT2D eigenvalue weighted by molar-refractivity contribution is -0.117. The molecule has 2 heterocycles. The number of ether oxygens (including phenoxy) is 1. The van der Waals surface area contributed by atoms with E-state index in [0.717, 1.165) is 5.56 Å². The Kier molecular flexibility index (Phi) is 5.34. The summed E-state index contributed by atoms with van der Waals surface area (Å²) in [4.78, 5) is 30.3. The lowest BCUT2D eigenvalue weighted by Gasteiger charge is -2.14.